The first-order valence-electron chi connectivity index (χ1n) is 5.80. The topological polar surface area (TPSA) is 78.4 Å². The van der Waals surface area contributed by atoms with Crippen LogP contribution in [0.1, 0.15) is 19.8 Å². The number of hydrogen-bond acceptors (Lipinski definition) is 2. The van der Waals surface area contributed by atoms with Crippen molar-refractivity contribution in [3.05, 3.63) is 28.8 Å². The van der Waals surface area contributed by atoms with E-state index in [2.05, 4.69) is 10.6 Å². The number of urea groups is 1. The second-order valence-electron chi connectivity index (χ2n) is 4.02. The van der Waals surface area contributed by atoms with Crippen molar-refractivity contribution >= 4 is 29.3 Å². The molecule has 0 aliphatic carbocycles. The van der Waals surface area contributed by atoms with E-state index in [4.69, 9.17) is 16.7 Å². The molecule has 1 rings (SSSR count). The molecule has 0 saturated heterocycles. The fraction of sp³-hybridized carbons (Fsp3) is 0.333. The average Bonchev–Trinajstić information content (AvgIpc) is 2.33. The number of hydrogen-bond donors (Lipinski definition) is 3. The smallest absolute Gasteiger partial charge is 0.326 e. The molecule has 0 aromatic heterocycles. The van der Waals surface area contributed by atoms with Crippen LogP contribution in [-0.4, -0.2) is 23.1 Å². The fourth-order valence-electron chi connectivity index (χ4n) is 1.52. The van der Waals surface area contributed by atoms with Crippen molar-refractivity contribution < 1.29 is 23.5 Å². The van der Waals surface area contributed by atoms with Crippen LogP contribution in [0.4, 0.5) is 19.3 Å². The molecule has 1 atom stereocenters. The monoisotopic (exact) mass is 306 g/mol. The number of anilines is 1. The van der Waals surface area contributed by atoms with Crippen LogP contribution in [0.3, 0.4) is 0 Å². The fourth-order valence-corrected chi connectivity index (χ4v) is 1.76. The molecule has 8 heteroatoms. The number of rotatable bonds is 5. The van der Waals surface area contributed by atoms with Crippen molar-refractivity contribution in [2.75, 3.05) is 5.32 Å². The molecule has 0 aliphatic rings. The van der Waals surface area contributed by atoms with E-state index in [1.807, 2.05) is 0 Å². The summed E-state index contributed by atoms with van der Waals surface area (Å²) in [4.78, 5) is 22.5. The number of benzene rings is 1. The molecule has 0 spiro atoms. The summed E-state index contributed by atoms with van der Waals surface area (Å²) in [5.74, 6) is -3.13. The summed E-state index contributed by atoms with van der Waals surface area (Å²) >= 11 is 5.60. The Bertz CT molecular complexity index is 502. The van der Waals surface area contributed by atoms with Crippen LogP contribution in [0.15, 0.2) is 12.1 Å². The summed E-state index contributed by atoms with van der Waals surface area (Å²) < 4.78 is 26.3. The van der Waals surface area contributed by atoms with E-state index in [1.54, 1.807) is 6.92 Å². The maximum Gasteiger partial charge on any atom is 0.326 e. The van der Waals surface area contributed by atoms with Crippen LogP contribution >= 0.6 is 11.6 Å². The van der Waals surface area contributed by atoms with E-state index in [0.717, 1.165) is 6.07 Å². The minimum Gasteiger partial charge on any atom is -0.480 e. The summed E-state index contributed by atoms with van der Waals surface area (Å²) in [7, 11) is 0. The van der Waals surface area contributed by atoms with Crippen molar-refractivity contribution in [3.63, 3.8) is 0 Å². The first-order chi connectivity index (χ1) is 9.35. The molecule has 5 nitrogen and oxygen atoms in total. The highest BCUT2D eigenvalue weighted by Crippen LogP contribution is 2.26. The Morgan fingerprint density at radius 1 is 1.40 bits per heavy atom. The largest absolute Gasteiger partial charge is 0.480 e. The van der Waals surface area contributed by atoms with Crippen LogP contribution in [0, 0.1) is 11.6 Å². The third kappa shape index (κ3) is 4.34. The number of carbonyl (C=O) groups is 2. The number of amides is 2. The predicted molar refractivity (Wildman–Crippen MR) is 69.9 cm³/mol. The van der Waals surface area contributed by atoms with Crippen LogP contribution in [0.5, 0.6) is 0 Å². The summed E-state index contributed by atoms with van der Waals surface area (Å²) in [6.45, 7) is 1.76. The Labute approximate surface area is 118 Å². The Hall–Kier alpha value is -1.89. The van der Waals surface area contributed by atoms with Crippen LogP contribution < -0.4 is 10.6 Å². The quantitative estimate of drug-likeness (QED) is 0.782. The number of aliphatic carboxylic acids is 1. The Morgan fingerprint density at radius 3 is 2.55 bits per heavy atom. The van der Waals surface area contributed by atoms with E-state index in [9.17, 15) is 18.4 Å². The van der Waals surface area contributed by atoms with Crippen LogP contribution in [0.25, 0.3) is 0 Å². The van der Waals surface area contributed by atoms with Crippen molar-refractivity contribution in [2.45, 2.75) is 25.8 Å². The third-order valence-corrected chi connectivity index (χ3v) is 2.72. The van der Waals surface area contributed by atoms with Gasteiger partial charge in [-0.2, -0.15) is 0 Å². The van der Waals surface area contributed by atoms with Crippen molar-refractivity contribution in [1.29, 1.82) is 0 Å². The van der Waals surface area contributed by atoms with E-state index >= 15 is 0 Å². The first-order valence-corrected chi connectivity index (χ1v) is 6.17. The third-order valence-electron chi connectivity index (χ3n) is 2.43. The molecule has 1 aromatic carbocycles. The van der Waals surface area contributed by atoms with Gasteiger partial charge in [-0.05, 0) is 12.5 Å². The van der Waals surface area contributed by atoms with Gasteiger partial charge in [0, 0.05) is 6.07 Å². The number of carboxylic acids is 1. The maximum atomic E-state index is 13.4. The molecule has 0 saturated carbocycles. The normalized spacial score (nSPS) is 11.8. The van der Waals surface area contributed by atoms with E-state index < -0.39 is 35.4 Å². The zero-order valence-corrected chi connectivity index (χ0v) is 11.3. The standard InChI is InChI=1S/C12H13ClF2N2O3/c1-2-3-9(11(18)19)16-12(20)17-10-7(13)4-6(14)5-8(10)15/h4-5,9H,2-3H2,1H3,(H,18,19)(H2,16,17,20)/t9-/m0/s1. The molecule has 3 N–H and O–H groups in total. The molecule has 0 unspecified atom stereocenters. The van der Waals surface area contributed by atoms with E-state index in [1.165, 1.54) is 0 Å². The van der Waals surface area contributed by atoms with Gasteiger partial charge in [0.2, 0.25) is 0 Å². The number of carbonyl (C=O) groups excluding carboxylic acids is 1. The molecule has 1 aromatic rings. The zero-order valence-electron chi connectivity index (χ0n) is 10.5. The summed E-state index contributed by atoms with van der Waals surface area (Å²) in [5, 5.41) is 12.8. The minimum absolute atomic E-state index is 0.225. The number of halogens is 3. The first kappa shape index (κ1) is 16.2. The van der Waals surface area contributed by atoms with Gasteiger partial charge in [-0.3, -0.25) is 0 Å². The summed E-state index contributed by atoms with van der Waals surface area (Å²) in [6.07, 6.45) is 0.769. The molecule has 20 heavy (non-hydrogen) atoms. The van der Waals surface area contributed by atoms with Crippen LogP contribution in [-0.2, 0) is 4.79 Å². The van der Waals surface area contributed by atoms with Crippen molar-refractivity contribution in [3.8, 4) is 0 Å². The second-order valence-corrected chi connectivity index (χ2v) is 4.43. The molecule has 0 bridgehead atoms. The molecule has 0 radical (unpaired) electrons. The highest BCUT2D eigenvalue weighted by atomic mass is 35.5. The van der Waals surface area contributed by atoms with Gasteiger partial charge in [0.1, 0.15) is 11.9 Å². The highest BCUT2D eigenvalue weighted by molar-refractivity contribution is 6.33. The highest BCUT2D eigenvalue weighted by Gasteiger charge is 2.20. The van der Waals surface area contributed by atoms with Gasteiger partial charge in [-0.25, -0.2) is 18.4 Å². The van der Waals surface area contributed by atoms with Gasteiger partial charge in [0.25, 0.3) is 0 Å². The predicted octanol–water partition coefficient (Wildman–Crippen LogP) is 2.99. The maximum absolute atomic E-state index is 13.4. The lowest BCUT2D eigenvalue weighted by atomic mass is 10.2. The van der Waals surface area contributed by atoms with Crippen LogP contribution in [0.2, 0.25) is 5.02 Å². The van der Waals surface area contributed by atoms with Gasteiger partial charge >= 0.3 is 12.0 Å². The zero-order chi connectivity index (χ0) is 15.3. The molecular weight excluding hydrogens is 294 g/mol. The number of nitrogens with one attached hydrogen (secondary N) is 2. The van der Waals surface area contributed by atoms with E-state index in [-0.39, 0.29) is 11.4 Å². The van der Waals surface area contributed by atoms with Crippen molar-refractivity contribution in [2.24, 2.45) is 0 Å². The molecule has 110 valence electrons. The SMILES string of the molecule is CCC[C@H](NC(=O)Nc1c(F)cc(F)cc1Cl)C(=O)O. The second kappa shape index (κ2) is 7.04. The summed E-state index contributed by atoms with van der Waals surface area (Å²) in [5.41, 5.74) is -0.411. The Morgan fingerprint density at radius 2 is 2.05 bits per heavy atom. The molecule has 0 fully saturated rings. The Kier molecular flexibility index (Phi) is 5.69. The molecule has 0 heterocycles. The van der Waals surface area contributed by atoms with Gasteiger partial charge < -0.3 is 15.7 Å². The van der Waals surface area contributed by atoms with Gasteiger partial charge in [-0.15, -0.1) is 0 Å². The van der Waals surface area contributed by atoms with E-state index in [0.29, 0.717) is 12.5 Å². The average molecular weight is 307 g/mol. The lowest BCUT2D eigenvalue weighted by Crippen LogP contribution is -2.43. The molecular formula is C12H13ClF2N2O3. The van der Waals surface area contributed by atoms with Gasteiger partial charge in [0.05, 0.1) is 10.7 Å². The lowest BCUT2D eigenvalue weighted by molar-refractivity contribution is -0.139. The summed E-state index contributed by atoms with van der Waals surface area (Å²) in [6, 6.07) is -0.635. The Balaban J connectivity index is 2.78. The van der Waals surface area contributed by atoms with Gasteiger partial charge in [-0.1, -0.05) is 24.9 Å². The number of carboxylic acid groups (broad SMARTS) is 1. The molecule has 2 amide bonds. The van der Waals surface area contributed by atoms with Gasteiger partial charge in [0.15, 0.2) is 5.82 Å². The van der Waals surface area contributed by atoms with Crippen molar-refractivity contribution in [1.82, 2.24) is 5.32 Å². The molecule has 0 aliphatic heterocycles. The minimum atomic E-state index is -1.20. The lowest BCUT2D eigenvalue weighted by Gasteiger charge is -2.15.